The molecule has 0 atom stereocenters. The molecular formula is C29H35F3O2S. The summed E-state index contributed by atoms with van der Waals surface area (Å²) in [6.45, 7) is 14.2. The number of ether oxygens (including phenoxy) is 2. The Morgan fingerprint density at radius 2 is 1.71 bits per heavy atom. The number of halogens is 3. The number of aryl methyl sites for hydroxylation is 1. The Bertz CT molecular complexity index is 1160. The first-order valence-electron chi connectivity index (χ1n) is 12.1. The molecule has 0 aliphatic heterocycles. The molecule has 0 saturated heterocycles. The SMILES string of the molecule is C=COC(C)(C)CC(C)(C)c1ccc2cc(-c3ccc(CCCCC)cc3OC(F)(F)F)sc2c1. The number of hydrogen-bond donors (Lipinski definition) is 0. The van der Waals surface area contributed by atoms with Crippen molar-refractivity contribution >= 4 is 21.4 Å². The fraction of sp³-hybridized carbons (Fsp3) is 0.448. The molecule has 0 N–H and O–H groups in total. The Morgan fingerprint density at radius 3 is 2.37 bits per heavy atom. The van der Waals surface area contributed by atoms with Crippen LogP contribution in [0.2, 0.25) is 0 Å². The smallest absolute Gasteiger partial charge is 0.496 e. The number of alkyl halides is 3. The number of hydrogen-bond acceptors (Lipinski definition) is 3. The Labute approximate surface area is 210 Å². The number of fused-ring (bicyclic) bond motifs is 1. The van der Waals surface area contributed by atoms with Crippen LogP contribution in [-0.4, -0.2) is 12.0 Å². The average molecular weight is 505 g/mol. The fourth-order valence-corrected chi connectivity index (χ4v) is 5.86. The van der Waals surface area contributed by atoms with Gasteiger partial charge in [-0.25, -0.2) is 0 Å². The van der Waals surface area contributed by atoms with E-state index in [1.54, 1.807) is 12.1 Å². The maximum Gasteiger partial charge on any atom is 0.573 e. The van der Waals surface area contributed by atoms with Gasteiger partial charge in [0.25, 0.3) is 0 Å². The van der Waals surface area contributed by atoms with Gasteiger partial charge in [0.15, 0.2) is 0 Å². The predicted molar refractivity (Wildman–Crippen MR) is 140 cm³/mol. The molecule has 1 heterocycles. The summed E-state index contributed by atoms with van der Waals surface area (Å²) >= 11 is 1.48. The molecule has 0 unspecified atom stereocenters. The highest BCUT2D eigenvalue weighted by molar-refractivity contribution is 7.22. The number of thiophene rings is 1. The largest absolute Gasteiger partial charge is 0.573 e. The van der Waals surface area contributed by atoms with Crippen LogP contribution in [0.4, 0.5) is 13.2 Å². The second-order valence-corrected chi connectivity index (χ2v) is 11.4. The zero-order chi connectivity index (χ0) is 25.9. The second kappa shape index (κ2) is 10.7. The summed E-state index contributed by atoms with van der Waals surface area (Å²) in [6, 6.07) is 13.4. The topological polar surface area (TPSA) is 18.5 Å². The van der Waals surface area contributed by atoms with Crippen LogP contribution < -0.4 is 4.74 Å². The van der Waals surface area contributed by atoms with Gasteiger partial charge >= 0.3 is 6.36 Å². The lowest BCUT2D eigenvalue weighted by Crippen LogP contribution is -2.32. The van der Waals surface area contributed by atoms with Crippen molar-refractivity contribution < 1.29 is 22.6 Å². The van der Waals surface area contributed by atoms with E-state index in [4.69, 9.17) is 4.74 Å². The molecule has 0 aliphatic rings. The number of unbranched alkanes of at least 4 members (excludes halogenated alkanes) is 2. The molecule has 0 spiro atoms. The van der Waals surface area contributed by atoms with E-state index in [1.807, 2.05) is 32.0 Å². The van der Waals surface area contributed by atoms with Gasteiger partial charge in [0.05, 0.1) is 6.26 Å². The van der Waals surface area contributed by atoms with Crippen LogP contribution in [0.5, 0.6) is 5.75 Å². The van der Waals surface area contributed by atoms with Crippen LogP contribution in [-0.2, 0) is 16.6 Å². The minimum absolute atomic E-state index is 0.137. The fourth-order valence-electron chi connectivity index (χ4n) is 4.73. The van der Waals surface area contributed by atoms with E-state index in [0.717, 1.165) is 58.2 Å². The summed E-state index contributed by atoms with van der Waals surface area (Å²) in [5, 5.41) is 0.996. The highest BCUT2D eigenvalue weighted by atomic mass is 32.1. The Morgan fingerprint density at radius 1 is 0.971 bits per heavy atom. The van der Waals surface area contributed by atoms with Crippen LogP contribution >= 0.6 is 11.3 Å². The van der Waals surface area contributed by atoms with Gasteiger partial charge in [-0.1, -0.05) is 58.4 Å². The van der Waals surface area contributed by atoms with E-state index in [2.05, 4.69) is 44.2 Å². The lowest BCUT2D eigenvalue weighted by atomic mass is 9.76. The summed E-state index contributed by atoms with van der Waals surface area (Å²) in [4.78, 5) is 0.754. The van der Waals surface area contributed by atoms with Gasteiger partial charge in [0.1, 0.15) is 11.4 Å². The molecule has 35 heavy (non-hydrogen) atoms. The van der Waals surface area contributed by atoms with E-state index in [-0.39, 0.29) is 16.8 Å². The molecule has 1 aromatic heterocycles. The van der Waals surface area contributed by atoms with Gasteiger partial charge in [-0.3, -0.25) is 0 Å². The van der Waals surface area contributed by atoms with Crippen molar-refractivity contribution in [2.45, 2.75) is 84.1 Å². The zero-order valence-electron chi connectivity index (χ0n) is 21.2. The minimum Gasteiger partial charge on any atom is -0.496 e. The Hall–Kier alpha value is -2.47. The molecule has 0 radical (unpaired) electrons. The molecule has 190 valence electrons. The van der Waals surface area contributed by atoms with Gasteiger partial charge in [-0.05, 0) is 79.3 Å². The van der Waals surface area contributed by atoms with E-state index in [9.17, 15) is 13.2 Å². The van der Waals surface area contributed by atoms with Crippen molar-refractivity contribution in [2.75, 3.05) is 0 Å². The first-order chi connectivity index (χ1) is 16.3. The highest BCUT2D eigenvalue weighted by Crippen LogP contribution is 2.42. The average Bonchev–Trinajstić information content (AvgIpc) is 3.15. The Balaban J connectivity index is 1.97. The minimum atomic E-state index is -4.75. The zero-order valence-corrected chi connectivity index (χ0v) is 22.0. The van der Waals surface area contributed by atoms with Crippen molar-refractivity contribution in [2.24, 2.45) is 0 Å². The standard InChI is InChI=1S/C29H35F3O2S/c1-7-9-10-11-20-12-15-23(24(16-20)34-29(30,31)32)26-17-21-13-14-22(18-25(21)35-26)27(3,4)19-28(5,6)33-8-2/h8,12-18H,2,7,9-11,19H2,1,3-6H3. The quantitative estimate of drug-likeness (QED) is 0.191. The number of rotatable bonds is 11. The first-order valence-corrected chi connectivity index (χ1v) is 12.9. The van der Waals surface area contributed by atoms with Crippen LogP contribution in [0.15, 0.2) is 55.3 Å². The van der Waals surface area contributed by atoms with Gasteiger partial charge in [0, 0.05) is 15.1 Å². The van der Waals surface area contributed by atoms with Crippen LogP contribution in [0.3, 0.4) is 0 Å². The molecule has 0 amide bonds. The van der Waals surface area contributed by atoms with E-state index >= 15 is 0 Å². The van der Waals surface area contributed by atoms with Gasteiger partial charge < -0.3 is 9.47 Å². The molecule has 0 fully saturated rings. The van der Waals surface area contributed by atoms with Crippen LogP contribution in [0, 0.1) is 0 Å². The van der Waals surface area contributed by atoms with Crippen LogP contribution in [0.25, 0.3) is 20.5 Å². The monoisotopic (exact) mass is 504 g/mol. The van der Waals surface area contributed by atoms with E-state index < -0.39 is 6.36 Å². The summed E-state index contributed by atoms with van der Waals surface area (Å²) in [5.41, 5.74) is 1.93. The van der Waals surface area contributed by atoms with Crippen molar-refractivity contribution in [3.63, 3.8) is 0 Å². The van der Waals surface area contributed by atoms with Crippen molar-refractivity contribution in [1.29, 1.82) is 0 Å². The summed E-state index contributed by atoms with van der Waals surface area (Å²) in [7, 11) is 0. The summed E-state index contributed by atoms with van der Waals surface area (Å²) in [5.74, 6) is -0.137. The van der Waals surface area contributed by atoms with Gasteiger partial charge in [-0.2, -0.15) is 0 Å². The molecule has 3 rings (SSSR count). The number of benzene rings is 2. The van der Waals surface area contributed by atoms with Crippen LogP contribution in [0.1, 0.15) is 71.4 Å². The summed E-state index contributed by atoms with van der Waals surface area (Å²) < 4.78 is 50.8. The van der Waals surface area contributed by atoms with Crippen molar-refractivity contribution in [1.82, 2.24) is 0 Å². The molecule has 0 aliphatic carbocycles. The molecule has 0 saturated carbocycles. The molecule has 2 nitrogen and oxygen atoms in total. The van der Waals surface area contributed by atoms with Crippen molar-refractivity contribution in [3.05, 3.63) is 66.4 Å². The molecule has 3 aromatic rings. The van der Waals surface area contributed by atoms with E-state index in [0.29, 0.717) is 5.56 Å². The third-order valence-electron chi connectivity index (χ3n) is 6.18. The maximum atomic E-state index is 13.2. The Kier molecular flexibility index (Phi) is 8.25. The first kappa shape index (κ1) is 27.1. The normalized spacial score (nSPS) is 12.7. The molecule has 2 aromatic carbocycles. The third kappa shape index (κ3) is 7.26. The lowest BCUT2D eigenvalue weighted by molar-refractivity contribution is -0.274. The van der Waals surface area contributed by atoms with Gasteiger partial charge in [-0.15, -0.1) is 24.5 Å². The maximum absolute atomic E-state index is 13.2. The van der Waals surface area contributed by atoms with Gasteiger partial charge in [0.2, 0.25) is 0 Å². The highest BCUT2D eigenvalue weighted by Gasteiger charge is 2.33. The second-order valence-electron chi connectivity index (χ2n) is 10.3. The van der Waals surface area contributed by atoms with Crippen molar-refractivity contribution in [3.8, 4) is 16.2 Å². The lowest BCUT2D eigenvalue weighted by Gasteiger charge is -2.34. The molecule has 0 bridgehead atoms. The predicted octanol–water partition coefficient (Wildman–Crippen LogP) is 9.81. The third-order valence-corrected chi connectivity index (χ3v) is 7.31. The summed E-state index contributed by atoms with van der Waals surface area (Å²) in [6.07, 6.45) is 1.28. The molecule has 6 heteroatoms. The molecular weight excluding hydrogens is 469 g/mol. The van der Waals surface area contributed by atoms with E-state index in [1.165, 1.54) is 17.6 Å².